The van der Waals surface area contributed by atoms with Crippen LogP contribution in [0.25, 0.3) is 10.8 Å². The van der Waals surface area contributed by atoms with Gasteiger partial charge in [0.1, 0.15) is 17.6 Å². The Morgan fingerprint density at radius 1 is 0.949 bits per heavy atom. The fourth-order valence-electron chi connectivity index (χ4n) is 8.07. The first-order valence-corrected chi connectivity index (χ1v) is 20.0. The molecule has 0 spiro atoms. The van der Waals surface area contributed by atoms with Gasteiger partial charge in [0.15, 0.2) is 5.75 Å². The summed E-state index contributed by atoms with van der Waals surface area (Å²) < 4.78 is 24.0. The van der Waals surface area contributed by atoms with Crippen LogP contribution in [0, 0.1) is 30.6 Å². The largest absolute Gasteiger partial charge is 0.507 e. The van der Waals surface area contributed by atoms with Crippen molar-refractivity contribution < 1.29 is 53.8 Å². The number of fused-ring (bicyclic) bond motifs is 14. The first kappa shape index (κ1) is 44.7. The number of Topliss-reactive ketones (excluding diaryl/α,β-unsaturated/α-hetero) is 1. The molecule has 0 aliphatic carbocycles. The fourth-order valence-corrected chi connectivity index (χ4v) is 8.07. The molecular formula is C46H58N2O11. The number of aromatic hydroxyl groups is 2. The second-order valence-corrected chi connectivity index (χ2v) is 15.9. The zero-order chi connectivity index (χ0) is 43.5. The maximum Gasteiger partial charge on any atom is 0.312 e. The number of anilines is 2. The number of carbonyl (C=O) groups excluding carboxylic acids is 3. The number of ether oxygens (including phenoxy) is 4. The lowest BCUT2D eigenvalue weighted by atomic mass is 9.78. The van der Waals surface area contributed by atoms with Gasteiger partial charge in [0, 0.05) is 79.9 Å². The zero-order valence-corrected chi connectivity index (χ0v) is 35.5. The normalized spacial score (nSPS) is 29.9. The van der Waals surface area contributed by atoms with Crippen molar-refractivity contribution in [3.8, 4) is 17.2 Å². The van der Waals surface area contributed by atoms with E-state index in [1.54, 1.807) is 71.9 Å². The van der Waals surface area contributed by atoms with Gasteiger partial charge in [-0.3, -0.25) is 14.4 Å². The first-order valence-electron chi connectivity index (χ1n) is 20.0. The number of aliphatic hydroxyl groups excluding tert-OH is 2. The molecule has 0 radical (unpaired) electrons. The third-order valence-corrected chi connectivity index (χ3v) is 11.8. The molecule has 9 atom stereocenters. The molecule has 3 heterocycles. The summed E-state index contributed by atoms with van der Waals surface area (Å²) in [6.45, 7) is 15.7. The Labute approximate surface area is 345 Å². The number of carbonyl (C=O) groups is 3. The Morgan fingerprint density at radius 3 is 2.25 bits per heavy atom. The molecule has 5 bridgehead atoms. The van der Waals surface area contributed by atoms with Crippen LogP contribution in [0.4, 0.5) is 11.4 Å². The molecule has 59 heavy (non-hydrogen) atoms. The Balaban J connectivity index is 1.72. The molecule has 318 valence electrons. The lowest BCUT2D eigenvalue weighted by Gasteiger charge is -2.38. The molecule has 0 saturated heterocycles. The number of rotatable bonds is 6. The highest BCUT2D eigenvalue weighted by Gasteiger charge is 2.49. The van der Waals surface area contributed by atoms with Gasteiger partial charge in [-0.15, -0.1) is 0 Å². The minimum absolute atomic E-state index is 0.00524. The van der Waals surface area contributed by atoms with Crippen molar-refractivity contribution in [3.63, 3.8) is 0 Å². The number of nitrogens with one attached hydrogen (secondary N) is 1. The van der Waals surface area contributed by atoms with Crippen LogP contribution in [0.3, 0.4) is 0 Å². The monoisotopic (exact) mass is 814 g/mol. The molecule has 0 fully saturated rings. The summed E-state index contributed by atoms with van der Waals surface area (Å²) in [5.74, 6) is -6.72. The summed E-state index contributed by atoms with van der Waals surface area (Å²) in [6.07, 6.45) is 3.98. The summed E-state index contributed by atoms with van der Waals surface area (Å²) in [5.41, 5.74) is 1.92. The quantitative estimate of drug-likeness (QED) is 0.126. The molecule has 13 nitrogen and oxygen atoms in total. The van der Waals surface area contributed by atoms with E-state index in [9.17, 15) is 34.8 Å². The van der Waals surface area contributed by atoms with Crippen LogP contribution >= 0.6 is 0 Å². The summed E-state index contributed by atoms with van der Waals surface area (Å²) in [4.78, 5) is 42.7. The number of esters is 1. The van der Waals surface area contributed by atoms with E-state index in [1.807, 2.05) is 42.2 Å². The van der Waals surface area contributed by atoms with Crippen LogP contribution in [0.15, 0.2) is 72.5 Å². The van der Waals surface area contributed by atoms with Gasteiger partial charge in [0.05, 0.1) is 41.2 Å². The summed E-state index contributed by atoms with van der Waals surface area (Å²) in [6, 6.07) is 11.2. The van der Waals surface area contributed by atoms with Crippen molar-refractivity contribution in [1.82, 2.24) is 0 Å². The highest BCUT2D eigenvalue weighted by Crippen LogP contribution is 2.54. The van der Waals surface area contributed by atoms with Crippen LogP contribution in [0.1, 0.15) is 76.9 Å². The van der Waals surface area contributed by atoms with Crippen molar-refractivity contribution >= 4 is 39.8 Å². The van der Waals surface area contributed by atoms with E-state index in [0.29, 0.717) is 18.8 Å². The summed E-state index contributed by atoms with van der Waals surface area (Å²) in [7, 11) is 1.47. The first-order chi connectivity index (χ1) is 27.9. The van der Waals surface area contributed by atoms with Crippen molar-refractivity contribution in [3.05, 3.63) is 89.2 Å². The minimum atomic E-state index is -1.94. The predicted molar refractivity (Wildman–Crippen MR) is 225 cm³/mol. The lowest BCUT2D eigenvalue weighted by Crippen LogP contribution is -2.46. The minimum Gasteiger partial charge on any atom is -0.507 e. The molecule has 6 rings (SSSR count). The number of benzene rings is 3. The molecule has 13 heteroatoms. The van der Waals surface area contributed by atoms with Crippen LogP contribution in [-0.2, 0) is 30.3 Å². The topological polar surface area (TPSA) is 184 Å². The number of ketones is 1. The van der Waals surface area contributed by atoms with Gasteiger partial charge in [0.25, 0.3) is 11.7 Å². The molecule has 0 unspecified atom stereocenters. The number of phenolic OH excluding ortho intramolecular Hbond substituents is 2. The van der Waals surface area contributed by atoms with E-state index < -0.39 is 77.3 Å². The fraction of sp³-hybridized carbons (Fsp3) is 0.457. The predicted octanol–water partition coefficient (Wildman–Crippen LogP) is 7.08. The van der Waals surface area contributed by atoms with E-state index in [0.717, 1.165) is 5.56 Å². The number of amides is 1. The van der Waals surface area contributed by atoms with Gasteiger partial charge in [0.2, 0.25) is 0 Å². The van der Waals surface area contributed by atoms with E-state index in [2.05, 4.69) is 5.32 Å². The van der Waals surface area contributed by atoms with E-state index in [4.69, 9.17) is 18.9 Å². The van der Waals surface area contributed by atoms with Crippen LogP contribution in [-0.4, -0.2) is 81.9 Å². The van der Waals surface area contributed by atoms with Crippen molar-refractivity contribution in [2.45, 2.75) is 99.1 Å². The lowest BCUT2D eigenvalue weighted by molar-refractivity contribution is -0.160. The van der Waals surface area contributed by atoms with Crippen LogP contribution < -0.4 is 15.0 Å². The van der Waals surface area contributed by atoms with E-state index in [-0.39, 0.29) is 44.7 Å². The molecule has 5 N–H and O–H groups in total. The van der Waals surface area contributed by atoms with Crippen molar-refractivity contribution in [2.75, 3.05) is 23.9 Å². The van der Waals surface area contributed by atoms with Gasteiger partial charge in [-0.2, -0.15) is 0 Å². The number of nitrogens with zero attached hydrogens (tertiary/aromatic N) is 1. The number of hydrogen-bond donors (Lipinski definition) is 5. The highest BCUT2D eigenvalue weighted by atomic mass is 16.7. The second-order valence-electron chi connectivity index (χ2n) is 15.9. The standard InChI is InChI=1S/C46H58N2O11/c1-11-48(23-31-18-13-12-14-19-31)33-22-32-41(53)36-35(33)37-43(29(7)40(36)52)59-46(9,44(37)54)57-21-20-34(56-10)26(4)42(58-30(8)49)28(6)39(51)27(5)38(50)24(2)16-15-17-25(3)45(55)47-32/h12-22,24,26-28,34,38-39,42,50-53H,11,23H2,1-10H3,(H,47,55)/b16-15+,21-20+,25-17-/t24-,26-,27-,28-,34+,38-,39+,42-,46+/m1/s1. The van der Waals surface area contributed by atoms with E-state index in [1.165, 1.54) is 27.2 Å². The number of aliphatic hydroxyl groups is 2. The number of phenols is 2. The van der Waals surface area contributed by atoms with Gasteiger partial charge >= 0.3 is 11.8 Å². The smallest absolute Gasteiger partial charge is 0.312 e. The second kappa shape index (κ2) is 18.3. The number of methoxy groups -OCH3 is 1. The third kappa shape index (κ3) is 8.97. The number of hydrogen-bond acceptors (Lipinski definition) is 12. The molecule has 1 amide bonds. The van der Waals surface area contributed by atoms with Crippen LogP contribution in [0.5, 0.6) is 17.2 Å². The average Bonchev–Trinajstić information content (AvgIpc) is 3.48. The van der Waals surface area contributed by atoms with E-state index >= 15 is 0 Å². The maximum atomic E-state index is 14.7. The molecule has 3 aromatic carbocycles. The molecule has 3 aliphatic rings. The van der Waals surface area contributed by atoms with Gasteiger partial charge in [-0.25, -0.2) is 0 Å². The Hall–Kier alpha value is -5.37. The Morgan fingerprint density at radius 2 is 1.63 bits per heavy atom. The Kier molecular flexibility index (Phi) is 13.9. The van der Waals surface area contributed by atoms with Gasteiger partial charge in [-0.1, -0.05) is 76.3 Å². The van der Waals surface area contributed by atoms with Crippen molar-refractivity contribution in [1.29, 1.82) is 0 Å². The highest BCUT2D eigenvalue weighted by molar-refractivity contribution is 6.23. The van der Waals surface area contributed by atoms with Gasteiger partial charge in [-0.05, 0) is 38.5 Å². The van der Waals surface area contributed by atoms with Crippen molar-refractivity contribution in [2.24, 2.45) is 23.7 Å². The maximum absolute atomic E-state index is 14.7. The zero-order valence-electron chi connectivity index (χ0n) is 35.5. The van der Waals surface area contributed by atoms with Gasteiger partial charge < -0.3 is 49.6 Å². The third-order valence-electron chi connectivity index (χ3n) is 11.8. The average molecular weight is 815 g/mol. The molecule has 3 aliphatic heterocycles. The SMILES string of the molecule is CCN(Cc1ccccc1)c1cc2c(O)c3c(O)c(C)c4c(c13)C(=O)[C@@](C)(O/C=C/[C@H](OC)[C@@H](C)[C@@H](OC(C)=O)[C@H](C)[C@@H](O)[C@H](C)[C@H](O)[C@H](C)/C=C/C=C(/C)C(=O)N2)O4. The molecule has 3 aromatic rings. The molecule has 0 aromatic heterocycles. The summed E-state index contributed by atoms with van der Waals surface area (Å²) in [5, 5.41) is 49.5. The Bertz CT molecular complexity index is 2150. The molecule has 0 saturated carbocycles. The number of allylic oxidation sites excluding steroid dienone is 2. The molecular weight excluding hydrogens is 757 g/mol. The summed E-state index contributed by atoms with van der Waals surface area (Å²) >= 11 is 0. The van der Waals surface area contributed by atoms with Crippen LogP contribution in [0.2, 0.25) is 0 Å².